The van der Waals surface area contributed by atoms with E-state index in [1.165, 1.54) is 11.1 Å². The van der Waals surface area contributed by atoms with Crippen molar-refractivity contribution in [2.45, 2.75) is 20.3 Å². The lowest BCUT2D eigenvalue weighted by molar-refractivity contribution is 0.754. The summed E-state index contributed by atoms with van der Waals surface area (Å²) in [5, 5.41) is 11.6. The Morgan fingerprint density at radius 3 is 2.50 bits per heavy atom. The summed E-state index contributed by atoms with van der Waals surface area (Å²) in [7, 11) is 0. The third-order valence-corrected chi connectivity index (χ3v) is 2.35. The maximum absolute atomic E-state index is 5.52. The van der Waals surface area contributed by atoms with Gasteiger partial charge in [-0.05, 0) is 54.1 Å². The Kier molecular flexibility index (Phi) is 2.96. The fraction of sp³-hybridized carbons (Fsp3) is 0.364. The van der Waals surface area contributed by atoms with Crippen molar-refractivity contribution in [3.8, 4) is 5.69 Å². The third-order valence-electron chi connectivity index (χ3n) is 2.35. The molecule has 2 aromatic rings. The van der Waals surface area contributed by atoms with Crippen LogP contribution in [0.25, 0.3) is 5.69 Å². The molecule has 0 spiro atoms. The molecule has 0 aliphatic heterocycles. The predicted molar refractivity (Wildman–Crippen MR) is 61.4 cm³/mol. The van der Waals surface area contributed by atoms with Crippen LogP contribution in [0.2, 0.25) is 0 Å². The Morgan fingerprint density at radius 2 is 1.88 bits per heavy atom. The SMILES string of the molecule is Cc1cc(C)cc(-n2nnnc2CCN)c1. The molecule has 0 aliphatic carbocycles. The Bertz CT molecular complexity index is 469. The smallest absolute Gasteiger partial charge is 0.157 e. The Labute approximate surface area is 94.3 Å². The minimum Gasteiger partial charge on any atom is -0.330 e. The molecule has 0 atom stereocenters. The fourth-order valence-corrected chi connectivity index (χ4v) is 1.76. The van der Waals surface area contributed by atoms with E-state index in [1.54, 1.807) is 4.68 Å². The van der Waals surface area contributed by atoms with Crippen LogP contribution in [0.4, 0.5) is 0 Å². The van der Waals surface area contributed by atoms with Crippen LogP contribution < -0.4 is 5.73 Å². The highest BCUT2D eigenvalue weighted by Gasteiger charge is 2.07. The van der Waals surface area contributed by atoms with Crippen LogP contribution in [0.15, 0.2) is 18.2 Å². The molecule has 2 N–H and O–H groups in total. The molecule has 1 heterocycles. The number of nitrogens with two attached hydrogens (primary N) is 1. The normalized spacial score (nSPS) is 10.7. The number of benzene rings is 1. The summed E-state index contributed by atoms with van der Waals surface area (Å²) in [5.41, 5.74) is 8.91. The summed E-state index contributed by atoms with van der Waals surface area (Å²) in [6, 6.07) is 6.24. The number of aryl methyl sites for hydroxylation is 2. The van der Waals surface area contributed by atoms with E-state index in [4.69, 9.17) is 5.73 Å². The van der Waals surface area contributed by atoms with Gasteiger partial charge in [0.15, 0.2) is 5.82 Å². The predicted octanol–water partition coefficient (Wildman–Crippen LogP) is 0.780. The first-order chi connectivity index (χ1) is 7.70. The van der Waals surface area contributed by atoms with Crippen LogP contribution in [-0.4, -0.2) is 26.8 Å². The van der Waals surface area contributed by atoms with Crippen molar-refractivity contribution in [3.05, 3.63) is 35.2 Å². The summed E-state index contributed by atoms with van der Waals surface area (Å²) in [4.78, 5) is 0. The molecular weight excluding hydrogens is 202 g/mol. The van der Waals surface area contributed by atoms with Gasteiger partial charge in [0.25, 0.3) is 0 Å². The molecule has 5 nitrogen and oxygen atoms in total. The van der Waals surface area contributed by atoms with Gasteiger partial charge in [-0.15, -0.1) is 5.10 Å². The summed E-state index contributed by atoms with van der Waals surface area (Å²) in [6.45, 7) is 4.66. The highest BCUT2D eigenvalue weighted by molar-refractivity contribution is 5.39. The van der Waals surface area contributed by atoms with Gasteiger partial charge in [0.1, 0.15) is 0 Å². The van der Waals surface area contributed by atoms with Crippen molar-refractivity contribution in [1.82, 2.24) is 20.2 Å². The molecule has 0 bridgehead atoms. The van der Waals surface area contributed by atoms with E-state index in [1.807, 2.05) is 0 Å². The topological polar surface area (TPSA) is 69.6 Å². The first-order valence-corrected chi connectivity index (χ1v) is 5.26. The fourth-order valence-electron chi connectivity index (χ4n) is 1.76. The molecule has 0 saturated carbocycles. The van der Waals surface area contributed by atoms with Gasteiger partial charge in [-0.1, -0.05) is 6.07 Å². The van der Waals surface area contributed by atoms with Gasteiger partial charge in [-0.3, -0.25) is 0 Å². The van der Waals surface area contributed by atoms with E-state index in [0.717, 1.165) is 11.5 Å². The van der Waals surface area contributed by atoms with Crippen LogP contribution in [-0.2, 0) is 6.42 Å². The van der Waals surface area contributed by atoms with Gasteiger partial charge in [0.05, 0.1) is 5.69 Å². The van der Waals surface area contributed by atoms with Crippen LogP contribution in [0.1, 0.15) is 17.0 Å². The van der Waals surface area contributed by atoms with Crippen LogP contribution >= 0.6 is 0 Å². The summed E-state index contributed by atoms with van der Waals surface area (Å²) in [6.07, 6.45) is 0.681. The first-order valence-electron chi connectivity index (χ1n) is 5.26. The number of hydrogen-bond acceptors (Lipinski definition) is 4. The van der Waals surface area contributed by atoms with Gasteiger partial charge in [-0.2, -0.15) is 4.68 Å². The molecule has 0 unspecified atom stereocenters. The van der Waals surface area contributed by atoms with Gasteiger partial charge in [0.2, 0.25) is 0 Å². The second-order valence-corrected chi connectivity index (χ2v) is 3.89. The van der Waals surface area contributed by atoms with Crippen molar-refractivity contribution in [2.75, 3.05) is 6.54 Å². The lowest BCUT2D eigenvalue weighted by Gasteiger charge is -2.06. The molecule has 0 fully saturated rings. The molecule has 2 rings (SSSR count). The zero-order chi connectivity index (χ0) is 11.5. The quantitative estimate of drug-likeness (QED) is 0.824. The van der Waals surface area contributed by atoms with E-state index in [0.29, 0.717) is 13.0 Å². The zero-order valence-electron chi connectivity index (χ0n) is 9.51. The molecular formula is C11H15N5. The standard InChI is InChI=1S/C11H15N5/c1-8-5-9(2)7-10(6-8)16-11(3-4-12)13-14-15-16/h5-7H,3-4,12H2,1-2H3. The first kappa shape index (κ1) is 10.8. The van der Waals surface area contributed by atoms with Crippen molar-refractivity contribution >= 4 is 0 Å². The molecule has 1 aromatic heterocycles. The number of hydrogen-bond donors (Lipinski definition) is 1. The second kappa shape index (κ2) is 4.40. The van der Waals surface area contributed by atoms with E-state index in [9.17, 15) is 0 Å². The summed E-state index contributed by atoms with van der Waals surface area (Å²) >= 11 is 0. The average Bonchev–Trinajstić information content (AvgIpc) is 2.65. The van der Waals surface area contributed by atoms with Gasteiger partial charge in [0, 0.05) is 6.42 Å². The van der Waals surface area contributed by atoms with Crippen LogP contribution in [0, 0.1) is 13.8 Å². The maximum Gasteiger partial charge on any atom is 0.157 e. The highest BCUT2D eigenvalue weighted by atomic mass is 15.5. The van der Waals surface area contributed by atoms with E-state index in [2.05, 4.69) is 47.6 Å². The number of nitrogens with zero attached hydrogens (tertiary/aromatic N) is 4. The summed E-state index contributed by atoms with van der Waals surface area (Å²) in [5.74, 6) is 0.799. The second-order valence-electron chi connectivity index (χ2n) is 3.89. The molecule has 5 heteroatoms. The van der Waals surface area contributed by atoms with Crippen molar-refractivity contribution < 1.29 is 0 Å². The third kappa shape index (κ3) is 2.09. The molecule has 0 radical (unpaired) electrons. The highest BCUT2D eigenvalue weighted by Crippen LogP contribution is 2.13. The number of aromatic nitrogens is 4. The lowest BCUT2D eigenvalue weighted by Crippen LogP contribution is -2.10. The molecule has 84 valence electrons. The summed E-state index contributed by atoms with van der Waals surface area (Å²) < 4.78 is 1.74. The minimum atomic E-state index is 0.547. The van der Waals surface area contributed by atoms with Crippen molar-refractivity contribution in [2.24, 2.45) is 5.73 Å². The van der Waals surface area contributed by atoms with E-state index < -0.39 is 0 Å². The molecule has 0 saturated heterocycles. The largest absolute Gasteiger partial charge is 0.330 e. The van der Waals surface area contributed by atoms with E-state index in [-0.39, 0.29) is 0 Å². The molecule has 0 amide bonds. The zero-order valence-corrected chi connectivity index (χ0v) is 9.51. The molecule has 0 aliphatic rings. The van der Waals surface area contributed by atoms with Crippen molar-refractivity contribution in [1.29, 1.82) is 0 Å². The van der Waals surface area contributed by atoms with Crippen LogP contribution in [0.5, 0.6) is 0 Å². The molecule has 1 aromatic carbocycles. The average molecular weight is 217 g/mol. The Balaban J connectivity index is 2.45. The maximum atomic E-state index is 5.52. The Morgan fingerprint density at radius 1 is 1.19 bits per heavy atom. The van der Waals surface area contributed by atoms with Gasteiger partial charge >= 0.3 is 0 Å². The van der Waals surface area contributed by atoms with Crippen LogP contribution in [0.3, 0.4) is 0 Å². The molecule has 16 heavy (non-hydrogen) atoms. The van der Waals surface area contributed by atoms with E-state index >= 15 is 0 Å². The van der Waals surface area contributed by atoms with Gasteiger partial charge in [-0.25, -0.2) is 0 Å². The minimum absolute atomic E-state index is 0.547. The number of tetrazole rings is 1. The van der Waals surface area contributed by atoms with Crippen molar-refractivity contribution in [3.63, 3.8) is 0 Å². The number of rotatable bonds is 3. The monoisotopic (exact) mass is 217 g/mol. The Hall–Kier alpha value is -1.75. The van der Waals surface area contributed by atoms with Gasteiger partial charge < -0.3 is 5.73 Å². The lowest BCUT2D eigenvalue weighted by atomic mass is 10.1.